The molecule has 1 amide bonds. The highest BCUT2D eigenvalue weighted by atomic mass is 19.4. The van der Waals surface area contributed by atoms with E-state index in [0.717, 1.165) is 12.1 Å². The van der Waals surface area contributed by atoms with Crippen molar-refractivity contribution < 1.29 is 27.5 Å². The molecule has 0 aliphatic carbocycles. The van der Waals surface area contributed by atoms with Gasteiger partial charge in [0, 0.05) is 17.4 Å². The average Bonchev–Trinajstić information content (AvgIpc) is 2.72. The molecule has 0 aliphatic heterocycles. The highest BCUT2D eigenvalue weighted by Gasteiger charge is 2.31. The molecule has 0 saturated carbocycles. The predicted octanol–water partition coefficient (Wildman–Crippen LogP) is 4.34. The second-order valence-corrected chi connectivity index (χ2v) is 6.31. The Morgan fingerprint density at radius 1 is 1.00 bits per heavy atom. The fourth-order valence-corrected chi connectivity index (χ4v) is 2.55. The minimum atomic E-state index is -4.56. The van der Waals surface area contributed by atoms with E-state index in [1.807, 2.05) is 0 Å². The van der Waals surface area contributed by atoms with Crippen molar-refractivity contribution in [2.45, 2.75) is 19.2 Å². The molecule has 0 radical (unpaired) electrons. The third-order valence-corrected chi connectivity index (χ3v) is 4.01. The van der Waals surface area contributed by atoms with Gasteiger partial charge < -0.3 is 10.1 Å². The number of nitrogens with one attached hydrogen (secondary N) is 1. The Bertz CT molecular complexity index is 1040. The highest BCUT2D eigenvalue weighted by Crippen LogP contribution is 2.31. The summed E-state index contributed by atoms with van der Waals surface area (Å²) in [7, 11) is 0. The summed E-state index contributed by atoms with van der Waals surface area (Å²) in [5.41, 5.74) is -0.164. The lowest BCUT2D eigenvalue weighted by Gasteiger charge is -2.18. The Hall–Kier alpha value is -3.75. The van der Waals surface area contributed by atoms with Crippen LogP contribution in [0.2, 0.25) is 0 Å². The summed E-state index contributed by atoms with van der Waals surface area (Å²) < 4.78 is 44.1. The van der Waals surface area contributed by atoms with Gasteiger partial charge in [0.25, 0.3) is 5.91 Å². The van der Waals surface area contributed by atoms with E-state index >= 15 is 0 Å². The van der Waals surface area contributed by atoms with E-state index in [4.69, 9.17) is 4.74 Å². The number of hydrogen-bond acceptors (Lipinski definition) is 5. The van der Waals surface area contributed by atoms with Crippen LogP contribution in [0.15, 0.2) is 67.0 Å². The third-order valence-electron chi connectivity index (χ3n) is 4.01. The third kappa shape index (κ3) is 5.19. The fourth-order valence-electron chi connectivity index (χ4n) is 2.55. The van der Waals surface area contributed by atoms with E-state index in [2.05, 4.69) is 15.3 Å². The molecule has 2 aromatic carbocycles. The number of carbonyl (C=O) groups is 2. The summed E-state index contributed by atoms with van der Waals surface area (Å²) in [5.74, 6) is -1.70. The number of carbonyl (C=O) groups excluding carboxylic acids is 2. The molecular weight excluding hydrogens is 399 g/mol. The smallest absolute Gasteiger partial charge is 0.416 e. The molecule has 9 heteroatoms. The number of amides is 1. The summed E-state index contributed by atoms with van der Waals surface area (Å²) >= 11 is 0. The van der Waals surface area contributed by atoms with E-state index in [-0.39, 0.29) is 11.4 Å². The summed E-state index contributed by atoms with van der Waals surface area (Å²) in [5, 5.41) is 2.37. The van der Waals surface area contributed by atoms with E-state index in [1.54, 1.807) is 37.3 Å². The molecule has 1 aromatic heterocycles. The lowest BCUT2D eigenvalue weighted by Crippen LogP contribution is -2.26. The minimum Gasteiger partial charge on any atom is -0.443 e. The second-order valence-electron chi connectivity index (χ2n) is 6.31. The predicted molar refractivity (Wildman–Crippen MR) is 101 cm³/mol. The van der Waals surface area contributed by atoms with Gasteiger partial charge in [-0.15, -0.1) is 0 Å². The molecule has 0 saturated heterocycles. The SMILES string of the molecule is Cc1cnc(C(=O)OC(C(=O)Nc2cccc(C(F)(F)F)c2)c2ccccc2)cn1. The van der Waals surface area contributed by atoms with E-state index in [0.29, 0.717) is 11.3 Å². The minimum absolute atomic E-state index is 0.0815. The number of ether oxygens (including phenoxy) is 1. The molecular formula is C21H16F3N3O3. The summed E-state index contributed by atoms with van der Waals surface area (Å²) in [6, 6.07) is 12.3. The van der Waals surface area contributed by atoms with Crippen LogP contribution >= 0.6 is 0 Å². The number of benzene rings is 2. The Balaban J connectivity index is 1.85. The first-order valence-electron chi connectivity index (χ1n) is 8.77. The molecule has 0 fully saturated rings. The van der Waals surface area contributed by atoms with Crippen molar-refractivity contribution in [1.82, 2.24) is 9.97 Å². The molecule has 0 bridgehead atoms. The molecule has 1 N–H and O–H groups in total. The molecule has 3 aromatic rings. The van der Waals surface area contributed by atoms with E-state index < -0.39 is 29.7 Å². The number of nitrogens with zero attached hydrogens (tertiary/aromatic N) is 2. The number of aryl methyl sites for hydroxylation is 1. The number of rotatable bonds is 5. The number of halogens is 3. The number of esters is 1. The van der Waals surface area contributed by atoms with Crippen molar-refractivity contribution in [2.75, 3.05) is 5.32 Å². The first kappa shape index (κ1) is 21.0. The maximum Gasteiger partial charge on any atom is 0.416 e. The molecule has 30 heavy (non-hydrogen) atoms. The molecule has 1 unspecified atom stereocenters. The number of anilines is 1. The molecule has 0 aliphatic rings. The topological polar surface area (TPSA) is 81.2 Å². The van der Waals surface area contributed by atoms with Crippen LogP contribution in [0, 0.1) is 6.92 Å². The Kier molecular flexibility index (Phi) is 6.10. The monoisotopic (exact) mass is 415 g/mol. The standard InChI is InChI=1S/C21H16F3N3O3/c1-13-11-26-17(12-25-13)20(29)30-18(14-6-3-2-4-7-14)19(28)27-16-9-5-8-15(10-16)21(22,23)24/h2-12,18H,1H3,(H,27,28). The second kappa shape index (κ2) is 8.73. The van der Waals surface area contributed by atoms with Gasteiger partial charge in [-0.05, 0) is 25.1 Å². The van der Waals surface area contributed by atoms with Crippen LogP contribution < -0.4 is 5.32 Å². The maximum atomic E-state index is 12.9. The van der Waals surface area contributed by atoms with Crippen LogP contribution in [-0.4, -0.2) is 21.8 Å². The molecule has 1 atom stereocenters. The summed E-state index contributed by atoms with van der Waals surface area (Å²) in [4.78, 5) is 33.1. The number of aromatic nitrogens is 2. The normalized spacial score (nSPS) is 12.1. The van der Waals surface area contributed by atoms with Gasteiger partial charge >= 0.3 is 12.1 Å². The van der Waals surface area contributed by atoms with Crippen LogP contribution in [-0.2, 0) is 15.7 Å². The lowest BCUT2D eigenvalue weighted by atomic mass is 10.1. The molecule has 6 nitrogen and oxygen atoms in total. The zero-order chi connectivity index (χ0) is 21.7. The Morgan fingerprint density at radius 2 is 1.73 bits per heavy atom. The van der Waals surface area contributed by atoms with Crippen LogP contribution in [0.25, 0.3) is 0 Å². The van der Waals surface area contributed by atoms with Gasteiger partial charge in [-0.25, -0.2) is 9.78 Å². The quantitative estimate of drug-likeness (QED) is 0.627. The molecule has 154 valence electrons. The van der Waals surface area contributed by atoms with Gasteiger partial charge in [0.15, 0.2) is 5.69 Å². The van der Waals surface area contributed by atoms with Gasteiger partial charge in [0.05, 0.1) is 17.5 Å². The van der Waals surface area contributed by atoms with Crippen LogP contribution in [0.1, 0.15) is 33.4 Å². The van der Waals surface area contributed by atoms with E-state index in [9.17, 15) is 22.8 Å². The molecule has 3 rings (SSSR count). The summed E-state index contributed by atoms with van der Waals surface area (Å²) in [6.07, 6.45) is -3.38. The first-order chi connectivity index (χ1) is 14.2. The first-order valence-corrected chi connectivity index (χ1v) is 8.77. The van der Waals surface area contributed by atoms with Crippen molar-refractivity contribution >= 4 is 17.6 Å². The van der Waals surface area contributed by atoms with Crippen LogP contribution in [0.5, 0.6) is 0 Å². The average molecular weight is 415 g/mol. The van der Waals surface area contributed by atoms with Crippen molar-refractivity contribution in [1.29, 1.82) is 0 Å². The van der Waals surface area contributed by atoms with Gasteiger partial charge in [-0.3, -0.25) is 9.78 Å². The number of alkyl halides is 3. The van der Waals surface area contributed by atoms with Gasteiger partial charge in [0.1, 0.15) is 0 Å². The number of hydrogen-bond donors (Lipinski definition) is 1. The Labute approximate surface area is 169 Å². The lowest BCUT2D eigenvalue weighted by molar-refractivity contribution is -0.137. The van der Waals surface area contributed by atoms with Crippen molar-refractivity contribution in [3.05, 3.63) is 89.5 Å². The van der Waals surface area contributed by atoms with Crippen LogP contribution in [0.3, 0.4) is 0 Å². The largest absolute Gasteiger partial charge is 0.443 e. The zero-order valence-electron chi connectivity index (χ0n) is 15.7. The Morgan fingerprint density at radius 3 is 2.37 bits per heavy atom. The van der Waals surface area contributed by atoms with Gasteiger partial charge in [-0.2, -0.15) is 13.2 Å². The van der Waals surface area contributed by atoms with Gasteiger partial charge in [0.2, 0.25) is 6.10 Å². The molecule has 0 spiro atoms. The molecule has 1 heterocycles. The zero-order valence-corrected chi connectivity index (χ0v) is 15.7. The van der Waals surface area contributed by atoms with Gasteiger partial charge in [-0.1, -0.05) is 36.4 Å². The van der Waals surface area contributed by atoms with Crippen molar-refractivity contribution in [3.63, 3.8) is 0 Å². The van der Waals surface area contributed by atoms with Crippen molar-refractivity contribution in [2.24, 2.45) is 0 Å². The maximum absolute atomic E-state index is 12.9. The summed E-state index contributed by atoms with van der Waals surface area (Å²) in [6.45, 7) is 1.69. The van der Waals surface area contributed by atoms with Crippen molar-refractivity contribution in [3.8, 4) is 0 Å². The van der Waals surface area contributed by atoms with E-state index in [1.165, 1.54) is 24.5 Å². The highest BCUT2D eigenvalue weighted by molar-refractivity contribution is 5.97. The fraction of sp³-hybridized carbons (Fsp3) is 0.143. The van der Waals surface area contributed by atoms with Crippen LogP contribution in [0.4, 0.5) is 18.9 Å².